The zero-order valence-corrected chi connectivity index (χ0v) is 11.1. The van der Waals surface area contributed by atoms with Crippen molar-refractivity contribution in [1.82, 2.24) is 10.2 Å². The monoisotopic (exact) mass is 276 g/mol. The number of nitrogens with zero attached hydrogens (tertiary/aromatic N) is 3. The van der Waals surface area contributed by atoms with Gasteiger partial charge in [0.15, 0.2) is 11.5 Å². The Bertz CT molecular complexity index is 376. The third-order valence-electron chi connectivity index (χ3n) is 2.48. The van der Waals surface area contributed by atoms with E-state index in [1.165, 1.54) is 6.07 Å². The average molecular weight is 276 g/mol. The summed E-state index contributed by atoms with van der Waals surface area (Å²) in [6, 6.07) is 2.31. The van der Waals surface area contributed by atoms with E-state index in [2.05, 4.69) is 10.2 Å². The van der Waals surface area contributed by atoms with Crippen molar-refractivity contribution in [1.29, 1.82) is 0 Å². The van der Waals surface area contributed by atoms with Gasteiger partial charge < -0.3 is 10.6 Å². The van der Waals surface area contributed by atoms with Crippen LogP contribution in [0.4, 0.5) is 19.0 Å². The molecule has 19 heavy (non-hydrogen) atoms. The molecule has 0 aromatic carbocycles. The fourth-order valence-electron chi connectivity index (χ4n) is 1.67. The predicted molar refractivity (Wildman–Crippen MR) is 67.8 cm³/mol. The van der Waals surface area contributed by atoms with Gasteiger partial charge in [-0.05, 0) is 31.0 Å². The lowest BCUT2D eigenvalue weighted by Gasteiger charge is -2.25. The van der Waals surface area contributed by atoms with Crippen LogP contribution >= 0.6 is 0 Å². The largest absolute Gasteiger partial charge is 0.435 e. The molecule has 0 fully saturated rings. The first kappa shape index (κ1) is 15.7. The molecule has 0 atom stereocenters. The minimum atomic E-state index is -4.45. The van der Waals surface area contributed by atoms with E-state index in [0.29, 0.717) is 31.4 Å². The van der Waals surface area contributed by atoms with Gasteiger partial charge in [0.2, 0.25) is 0 Å². The van der Waals surface area contributed by atoms with Gasteiger partial charge >= 0.3 is 6.18 Å². The molecule has 0 saturated carbocycles. The maximum absolute atomic E-state index is 12.4. The van der Waals surface area contributed by atoms with Gasteiger partial charge in [0.05, 0.1) is 0 Å². The Morgan fingerprint density at radius 3 is 2.37 bits per heavy atom. The van der Waals surface area contributed by atoms with Gasteiger partial charge in [-0.1, -0.05) is 13.8 Å². The quantitative estimate of drug-likeness (QED) is 0.866. The molecule has 0 aliphatic carbocycles. The van der Waals surface area contributed by atoms with E-state index in [9.17, 15) is 13.2 Å². The summed E-state index contributed by atoms with van der Waals surface area (Å²) >= 11 is 0. The third kappa shape index (κ3) is 5.02. The Balaban J connectivity index is 2.84. The van der Waals surface area contributed by atoms with Crippen LogP contribution in [0.5, 0.6) is 0 Å². The van der Waals surface area contributed by atoms with Crippen molar-refractivity contribution in [2.45, 2.75) is 26.4 Å². The van der Waals surface area contributed by atoms with Crippen LogP contribution in [0.15, 0.2) is 12.1 Å². The highest BCUT2D eigenvalue weighted by Crippen LogP contribution is 2.27. The molecule has 1 aromatic heterocycles. The molecule has 1 rings (SSSR count). The summed E-state index contributed by atoms with van der Waals surface area (Å²) in [4.78, 5) is 1.91. The van der Waals surface area contributed by atoms with Gasteiger partial charge in [0, 0.05) is 13.1 Å². The van der Waals surface area contributed by atoms with E-state index < -0.39 is 11.9 Å². The molecule has 4 nitrogen and oxygen atoms in total. The molecule has 0 bridgehead atoms. The number of halogens is 3. The fraction of sp³-hybridized carbons (Fsp3) is 0.667. The van der Waals surface area contributed by atoms with Crippen molar-refractivity contribution in [3.63, 3.8) is 0 Å². The lowest BCUT2D eigenvalue weighted by Crippen LogP contribution is -2.31. The number of anilines is 1. The summed E-state index contributed by atoms with van der Waals surface area (Å²) in [6.45, 7) is 5.97. The van der Waals surface area contributed by atoms with E-state index in [1.807, 2.05) is 18.7 Å². The normalized spacial score (nSPS) is 11.9. The number of aromatic nitrogens is 2. The Morgan fingerprint density at radius 2 is 1.95 bits per heavy atom. The van der Waals surface area contributed by atoms with Gasteiger partial charge in [-0.25, -0.2) is 0 Å². The molecule has 1 heterocycles. The van der Waals surface area contributed by atoms with E-state index in [4.69, 9.17) is 5.73 Å². The van der Waals surface area contributed by atoms with Crippen LogP contribution in [-0.2, 0) is 6.18 Å². The van der Waals surface area contributed by atoms with Crippen LogP contribution in [0.25, 0.3) is 0 Å². The van der Waals surface area contributed by atoms with E-state index in [-0.39, 0.29) is 0 Å². The molecular weight excluding hydrogens is 257 g/mol. The van der Waals surface area contributed by atoms with Crippen LogP contribution in [0.1, 0.15) is 26.0 Å². The minimum absolute atomic E-state index is 0.377. The van der Waals surface area contributed by atoms with Crippen LogP contribution < -0.4 is 10.6 Å². The molecule has 0 spiro atoms. The first-order valence-electron chi connectivity index (χ1n) is 6.20. The molecule has 108 valence electrons. The summed E-state index contributed by atoms with van der Waals surface area (Å²) in [5.41, 5.74) is 4.48. The Morgan fingerprint density at radius 1 is 1.26 bits per heavy atom. The van der Waals surface area contributed by atoms with Crippen molar-refractivity contribution in [2.75, 3.05) is 24.5 Å². The molecule has 2 N–H and O–H groups in total. The number of hydrogen-bond acceptors (Lipinski definition) is 4. The zero-order valence-electron chi connectivity index (χ0n) is 11.1. The number of alkyl halides is 3. The lowest BCUT2D eigenvalue weighted by molar-refractivity contribution is -0.141. The number of hydrogen-bond donors (Lipinski definition) is 1. The summed E-state index contributed by atoms with van der Waals surface area (Å²) in [6.07, 6.45) is -3.69. The van der Waals surface area contributed by atoms with Crippen molar-refractivity contribution < 1.29 is 13.2 Å². The maximum atomic E-state index is 12.4. The molecule has 0 aliphatic rings. The second-order valence-electron chi connectivity index (χ2n) is 4.76. The smallest absolute Gasteiger partial charge is 0.355 e. The topological polar surface area (TPSA) is 55.0 Å². The van der Waals surface area contributed by atoms with Gasteiger partial charge in [0.25, 0.3) is 0 Å². The maximum Gasteiger partial charge on any atom is 0.435 e. The van der Waals surface area contributed by atoms with Crippen molar-refractivity contribution in [3.05, 3.63) is 17.8 Å². The summed E-state index contributed by atoms with van der Waals surface area (Å²) in [5.74, 6) is 0.831. The average Bonchev–Trinajstić information content (AvgIpc) is 2.33. The SMILES string of the molecule is CC(C)CN(CCCN)c1ccc(C(F)(F)F)nn1. The number of rotatable bonds is 6. The summed E-state index contributed by atoms with van der Waals surface area (Å²) in [7, 11) is 0. The van der Waals surface area contributed by atoms with Crippen molar-refractivity contribution in [3.8, 4) is 0 Å². The lowest BCUT2D eigenvalue weighted by atomic mass is 10.2. The molecular formula is C12H19F3N4. The Labute approximate surface area is 110 Å². The highest BCUT2D eigenvalue weighted by atomic mass is 19.4. The standard InChI is InChI=1S/C12H19F3N4/c1-9(2)8-19(7-3-6-16)11-5-4-10(17-18-11)12(13,14)15/h4-5,9H,3,6-8,16H2,1-2H3. The first-order valence-corrected chi connectivity index (χ1v) is 6.20. The molecule has 0 aliphatic heterocycles. The zero-order chi connectivity index (χ0) is 14.5. The number of nitrogens with two attached hydrogens (primary N) is 1. The van der Waals surface area contributed by atoms with Crippen LogP contribution in [0, 0.1) is 5.92 Å². The van der Waals surface area contributed by atoms with Gasteiger partial charge in [0.1, 0.15) is 0 Å². The van der Waals surface area contributed by atoms with Crippen LogP contribution in [0.2, 0.25) is 0 Å². The summed E-state index contributed by atoms with van der Waals surface area (Å²) in [5, 5.41) is 6.90. The van der Waals surface area contributed by atoms with Gasteiger partial charge in [-0.15, -0.1) is 10.2 Å². The third-order valence-corrected chi connectivity index (χ3v) is 2.48. The minimum Gasteiger partial charge on any atom is -0.355 e. The van der Waals surface area contributed by atoms with Crippen LogP contribution in [-0.4, -0.2) is 29.8 Å². The highest BCUT2D eigenvalue weighted by molar-refractivity contribution is 5.37. The Hall–Kier alpha value is -1.37. The van der Waals surface area contributed by atoms with Crippen LogP contribution in [0.3, 0.4) is 0 Å². The highest BCUT2D eigenvalue weighted by Gasteiger charge is 2.33. The second kappa shape index (κ2) is 6.70. The molecule has 1 aromatic rings. The molecule has 0 saturated heterocycles. The molecule has 0 unspecified atom stereocenters. The summed E-state index contributed by atoms with van der Waals surface area (Å²) < 4.78 is 37.2. The Kier molecular flexibility index (Phi) is 5.53. The predicted octanol–water partition coefficient (Wildman–Crippen LogP) is 2.31. The van der Waals surface area contributed by atoms with Crippen molar-refractivity contribution in [2.24, 2.45) is 11.7 Å². The van der Waals surface area contributed by atoms with Crippen molar-refractivity contribution >= 4 is 5.82 Å². The van der Waals surface area contributed by atoms with Gasteiger partial charge in [-0.3, -0.25) is 0 Å². The second-order valence-corrected chi connectivity index (χ2v) is 4.76. The fourth-order valence-corrected chi connectivity index (χ4v) is 1.67. The molecule has 7 heteroatoms. The van der Waals surface area contributed by atoms with E-state index in [0.717, 1.165) is 12.5 Å². The van der Waals surface area contributed by atoms with E-state index >= 15 is 0 Å². The van der Waals surface area contributed by atoms with E-state index in [1.54, 1.807) is 0 Å². The van der Waals surface area contributed by atoms with Gasteiger partial charge in [-0.2, -0.15) is 13.2 Å². The first-order chi connectivity index (χ1) is 8.84. The molecule has 0 radical (unpaired) electrons. The molecule has 0 amide bonds.